The Morgan fingerprint density at radius 1 is 1.17 bits per heavy atom. The molecular formula is C20H25N7O2. The van der Waals surface area contributed by atoms with Gasteiger partial charge in [-0.1, -0.05) is 13.8 Å². The average molecular weight is 395 g/mol. The Hall–Kier alpha value is -3.23. The highest BCUT2D eigenvalue weighted by atomic mass is 16.4. The summed E-state index contributed by atoms with van der Waals surface area (Å²) in [6.07, 6.45) is 3.13. The number of carboxylic acid groups (broad SMARTS) is 1. The Balaban J connectivity index is 1.56. The first-order valence-electron chi connectivity index (χ1n) is 9.83. The molecule has 0 radical (unpaired) electrons. The van der Waals surface area contributed by atoms with Gasteiger partial charge in [0, 0.05) is 25.3 Å². The third-order valence-corrected chi connectivity index (χ3v) is 5.28. The molecular weight excluding hydrogens is 370 g/mol. The molecule has 4 rings (SSSR count). The van der Waals surface area contributed by atoms with Gasteiger partial charge in [-0.25, -0.2) is 19.7 Å². The van der Waals surface area contributed by atoms with Gasteiger partial charge in [0.15, 0.2) is 0 Å². The van der Waals surface area contributed by atoms with E-state index in [-0.39, 0.29) is 12.1 Å². The molecule has 1 fully saturated rings. The summed E-state index contributed by atoms with van der Waals surface area (Å²) in [6, 6.07) is 5.85. The van der Waals surface area contributed by atoms with E-state index in [9.17, 15) is 4.79 Å². The molecule has 1 aliphatic carbocycles. The summed E-state index contributed by atoms with van der Waals surface area (Å²) in [5.41, 5.74) is 4.37. The molecule has 3 heterocycles. The molecule has 152 valence electrons. The maximum Gasteiger partial charge on any atom is 0.404 e. The number of rotatable bonds is 5. The smallest absolute Gasteiger partial charge is 0.404 e. The number of amides is 1. The summed E-state index contributed by atoms with van der Waals surface area (Å²) in [4.78, 5) is 24.6. The summed E-state index contributed by atoms with van der Waals surface area (Å²) in [6.45, 7) is 4.26. The number of anilines is 1. The number of hydrogen-bond acceptors (Lipinski definition) is 6. The number of nitrogens with zero attached hydrogens (tertiary/aromatic N) is 5. The standard InChI is InChI=1S/C20H25N7O2/c1-11(2)18-17-16(26-27(18)3)7-6-14(24-17)15-8-9-21-19(25-15)22-12-4-5-13(10-12)23-20(28)29/h6-9,11-13,23H,4-5,10H2,1-3H3,(H,28,29)(H,21,22,25). The zero-order chi connectivity index (χ0) is 20.5. The second-order valence-electron chi connectivity index (χ2n) is 7.79. The molecule has 0 bridgehead atoms. The number of aromatic nitrogens is 5. The van der Waals surface area contributed by atoms with Gasteiger partial charge >= 0.3 is 6.09 Å². The van der Waals surface area contributed by atoms with Crippen LogP contribution >= 0.6 is 0 Å². The monoisotopic (exact) mass is 395 g/mol. The highest BCUT2D eigenvalue weighted by Gasteiger charge is 2.26. The fourth-order valence-corrected chi connectivity index (χ4v) is 4.05. The van der Waals surface area contributed by atoms with Crippen molar-refractivity contribution in [3.05, 3.63) is 30.1 Å². The van der Waals surface area contributed by atoms with Gasteiger partial charge < -0.3 is 15.7 Å². The average Bonchev–Trinajstić information content (AvgIpc) is 3.23. The molecule has 0 aliphatic heterocycles. The second kappa shape index (κ2) is 7.65. The van der Waals surface area contributed by atoms with Crippen LogP contribution in [0.1, 0.15) is 44.7 Å². The molecule has 3 aromatic heterocycles. The fraction of sp³-hybridized carbons (Fsp3) is 0.450. The van der Waals surface area contributed by atoms with E-state index in [1.165, 1.54) is 0 Å². The van der Waals surface area contributed by atoms with E-state index in [1.54, 1.807) is 6.20 Å². The number of nitrogens with one attached hydrogen (secondary N) is 2. The van der Waals surface area contributed by atoms with Gasteiger partial charge in [0.1, 0.15) is 11.0 Å². The Kier molecular flexibility index (Phi) is 5.04. The van der Waals surface area contributed by atoms with Gasteiger partial charge in [0.25, 0.3) is 0 Å². The SMILES string of the molecule is CC(C)c1c2nc(-c3ccnc(NC4CCC(NC(=O)O)C4)n3)ccc2nn1C. The lowest BCUT2D eigenvalue weighted by molar-refractivity contribution is 0.190. The highest BCUT2D eigenvalue weighted by molar-refractivity contribution is 5.80. The first kappa shape index (κ1) is 19.1. The molecule has 9 heteroatoms. The predicted octanol–water partition coefficient (Wildman–Crippen LogP) is 3.15. The van der Waals surface area contributed by atoms with Crippen LogP contribution in [0.4, 0.5) is 10.7 Å². The van der Waals surface area contributed by atoms with Crippen LogP contribution in [-0.2, 0) is 7.05 Å². The normalized spacial score (nSPS) is 19.0. The second-order valence-corrected chi connectivity index (χ2v) is 7.79. The predicted molar refractivity (Wildman–Crippen MR) is 110 cm³/mol. The maximum atomic E-state index is 10.8. The van der Waals surface area contributed by atoms with Crippen molar-refractivity contribution in [2.24, 2.45) is 7.05 Å². The third kappa shape index (κ3) is 3.98. The summed E-state index contributed by atoms with van der Waals surface area (Å²) in [7, 11) is 1.94. The van der Waals surface area contributed by atoms with E-state index < -0.39 is 6.09 Å². The summed E-state index contributed by atoms with van der Waals surface area (Å²) >= 11 is 0. The molecule has 3 aromatic rings. The minimum Gasteiger partial charge on any atom is -0.465 e. The molecule has 0 spiro atoms. The van der Waals surface area contributed by atoms with Gasteiger partial charge in [-0.2, -0.15) is 5.10 Å². The van der Waals surface area contributed by atoms with Crippen molar-refractivity contribution in [2.75, 3.05) is 5.32 Å². The Morgan fingerprint density at radius 3 is 2.69 bits per heavy atom. The van der Waals surface area contributed by atoms with E-state index >= 15 is 0 Å². The van der Waals surface area contributed by atoms with Crippen LogP contribution < -0.4 is 10.6 Å². The zero-order valence-corrected chi connectivity index (χ0v) is 16.8. The first-order valence-corrected chi connectivity index (χ1v) is 9.83. The zero-order valence-electron chi connectivity index (χ0n) is 16.8. The quantitative estimate of drug-likeness (QED) is 0.607. The van der Waals surface area contributed by atoms with Gasteiger partial charge in [-0.05, 0) is 43.4 Å². The fourth-order valence-electron chi connectivity index (χ4n) is 4.05. The molecule has 1 aliphatic rings. The van der Waals surface area contributed by atoms with Crippen LogP contribution in [0, 0.1) is 0 Å². The summed E-state index contributed by atoms with van der Waals surface area (Å²) in [5, 5.41) is 19.3. The molecule has 2 unspecified atom stereocenters. The first-order chi connectivity index (χ1) is 13.9. The van der Waals surface area contributed by atoms with E-state index in [0.717, 1.165) is 47.4 Å². The van der Waals surface area contributed by atoms with Crippen molar-refractivity contribution in [1.29, 1.82) is 0 Å². The molecule has 0 saturated heterocycles. The Bertz CT molecular complexity index is 1050. The van der Waals surface area contributed by atoms with Crippen LogP contribution in [0.2, 0.25) is 0 Å². The summed E-state index contributed by atoms with van der Waals surface area (Å²) in [5.74, 6) is 0.839. The molecule has 9 nitrogen and oxygen atoms in total. The Morgan fingerprint density at radius 2 is 1.93 bits per heavy atom. The summed E-state index contributed by atoms with van der Waals surface area (Å²) < 4.78 is 1.89. The van der Waals surface area contributed by atoms with Crippen LogP contribution in [0.5, 0.6) is 0 Å². The lowest BCUT2D eigenvalue weighted by Gasteiger charge is -2.13. The van der Waals surface area contributed by atoms with Crippen molar-refractivity contribution in [3.8, 4) is 11.4 Å². The van der Waals surface area contributed by atoms with Crippen molar-refractivity contribution in [3.63, 3.8) is 0 Å². The molecule has 1 saturated carbocycles. The largest absolute Gasteiger partial charge is 0.465 e. The number of carbonyl (C=O) groups is 1. The number of pyridine rings is 1. The molecule has 2 atom stereocenters. The minimum absolute atomic E-state index is 0.0303. The van der Waals surface area contributed by atoms with Crippen LogP contribution in [0.15, 0.2) is 24.4 Å². The van der Waals surface area contributed by atoms with E-state index in [4.69, 9.17) is 10.1 Å². The van der Waals surface area contributed by atoms with E-state index in [0.29, 0.717) is 11.9 Å². The van der Waals surface area contributed by atoms with Crippen LogP contribution in [0.25, 0.3) is 22.4 Å². The number of aryl methyl sites for hydroxylation is 1. The van der Waals surface area contributed by atoms with Crippen LogP contribution in [0.3, 0.4) is 0 Å². The maximum absolute atomic E-state index is 10.8. The molecule has 29 heavy (non-hydrogen) atoms. The Labute approximate surface area is 168 Å². The van der Waals surface area contributed by atoms with Crippen molar-refractivity contribution < 1.29 is 9.90 Å². The number of hydrogen-bond donors (Lipinski definition) is 3. The molecule has 1 amide bonds. The number of fused-ring (bicyclic) bond motifs is 1. The van der Waals surface area contributed by atoms with Gasteiger partial charge in [-0.3, -0.25) is 4.68 Å². The van der Waals surface area contributed by atoms with Crippen molar-refractivity contribution in [1.82, 2.24) is 30.0 Å². The minimum atomic E-state index is -0.980. The topological polar surface area (TPSA) is 118 Å². The van der Waals surface area contributed by atoms with Gasteiger partial charge in [0.2, 0.25) is 5.95 Å². The lowest BCUT2D eigenvalue weighted by Crippen LogP contribution is -2.32. The van der Waals surface area contributed by atoms with Gasteiger partial charge in [0.05, 0.1) is 17.1 Å². The van der Waals surface area contributed by atoms with E-state index in [2.05, 4.69) is 39.5 Å². The lowest BCUT2D eigenvalue weighted by atomic mass is 10.1. The van der Waals surface area contributed by atoms with Crippen LogP contribution in [-0.4, -0.2) is 48.0 Å². The molecule has 0 aromatic carbocycles. The molecule has 3 N–H and O–H groups in total. The highest BCUT2D eigenvalue weighted by Crippen LogP contribution is 2.27. The third-order valence-electron chi connectivity index (χ3n) is 5.28. The van der Waals surface area contributed by atoms with Gasteiger partial charge in [-0.15, -0.1) is 0 Å². The van der Waals surface area contributed by atoms with Crippen molar-refractivity contribution >= 4 is 23.1 Å². The van der Waals surface area contributed by atoms with Crippen molar-refractivity contribution in [2.45, 2.75) is 51.1 Å². The van der Waals surface area contributed by atoms with E-state index in [1.807, 2.05) is 29.9 Å².